The molecule has 180 valence electrons. The first-order valence-electron chi connectivity index (χ1n) is 11.3. The normalized spacial score (nSPS) is 12.1. The van der Waals surface area contributed by atoms with Crippen LogP contribution < -0.4 is 5.32 Å². The Labute approximate surface area is 211 Å². The Balaban J connectivity index is 1.29. The lowest BCUT2D eigenvalue weighted by Gasteiger charge is -2.16. The molecule has 0 fully saturated rings. The van der Waals surface area contributed by atoms with Gasteiger partial charge in [0, 0.05) is 21.9 Å². The molecule has 5 rings (SSSR count). The van der Waals surface area contributed by atoms with Crippen LogP contribution in [-0.4, -0.2) is 19.0 Å². The van der Waals surface area contributed by atoms with Crippen molar-refractivity contribution in [2.45, 2.75) is 22.3 Å². The summed E-state index contributed by atoms with van der Waals surface area (Å²) < 4.78 is 34.9. The Bertz CT molecular complexity index is 1410. The third-order valence-corrected chi connectivity index (χ3v) is 7.40. The fourth-order valence-corrected chi connectivity index (χ4v) is 5.50. The van der Waals surface area contributed by atoms with Gasteiger partial charge in [0.05, 0.1) is 11.4 Å². The van der Waals surface area contributed by atoms with Crippen molar-refractivity contribution in [3.05, 3.63) is 119 Å². The molecule has 1 amide bonds. The van der Waals surface area contributed by atoms with Crippen LogP contribution in [0.4, 0.5) is 13.6 Å². The van der Waals surface area contributed by atoms with Crippen LogP contribution in [0.5, 0.6) is 0 Å². The lowest BCUT2D eigenvalue weighted by molar-refractivity contribution is 0.112. The van der Waals surface area contributed by atoms with E-state index < -0.39 is 17.7 Å². The average molecular weight is 502 g/mol. The smallest absolute Gasteiger partial charge is 0.407 e. The van der Waals surface area contributed by atoms with Crippen LogP contribution in [0.1, 0.15) is 33.0 Å². The monoisotopic (exact) mass is 501 g/mol. The van der Waals surface area contributed by atoms with Crippen molar-refractivity contribution >= 4 is 24.1 Å². The Hall–Kier alpha value is -3.97. The molecule has 0 saturated carbocycles. The number of ether oxygens (including phenoxy) is 1. The summed E-state index contributed by atoms with van der Waals surface area (Å²) in [4.78, 5) is 24.4. The number of hydrogen-bond acceptors (Lipinski definition) is 4. The molecule has 0 heterocycles. The minimum absolute atomic E-state index is 0.00301. The van der Waals surface area contributed by atoms with Gasteiger partial charge in [-0.15, -0.1) is 0 Å². The SMILES string of the molecule is O=Cc1ccccc1Sc1c(F)ccc(F)c1CNC(=O)OCC1c2ccccc2-c2ccccc21. The number of aldehydes is 1. The molecule has 4 aromatic rings. The molecule has 0 aromatic heterocycles. The second-order valence-electron chi connectivity index (χ2n) is 8.27. The lowest BCUT2D eigenvalue weighted by atomic mass is 9.98. The highest BCUT2D eigenvalue weighted by Gasteiger charge is 2.29. The van der Waals surface area contributed by atoms with Gasteiger partial charge in [-0.2, -0.15) is 0 Å². The van der Waals surface area contributed by atoms with Crippen LogP contribution in [0.25, 0.3) is 11.1 Å². The molecule has 0 saturated heterocycles. The molecule has 36 heavy (non-hydrogen) atoms. The number of benzene rings is 4. The number of nitrogens with one attached hydrogen (secondary N) is 1. The predicted molar refractivity (Wildman–Crippen MR) is 134 cm³/mol. The maximum atomic E-state index is 14.7. The fourth-order valence-electron chi connectivity index (χ4n) is 4.44. The predicted octanol–water partition coefficient (Wildman–Crippen LogP) is 6.97. The Kier molecular flexibility index (Phi) is 6.82. The molecule has 0 radical (unpaired) electrons. The van der Waals surface area contributed by atoms with E-state index in [1.54, 1.807) is 24.3 Å². The van der Waals surface area contributed by atoms with Crippen LogP contribution in [0.15, 0.2) is 94.7 Å². The Morgan fingerprint density at radius 1 is 0.861 bits per heavy atom. The molecule has 4 nitrogen and oxygen atoms in total. The zero-order chi connectivity index (χ0) is 25.1. The molecular weight excluding hydrogens is 480 g/mol. The van der Waals surface area contributed by atoms with E-state index in [0.717, 1.165) is 46.1 Å². The summed E-state index contributed by atoms with van der Waals surface area (Å²) in [5.74, 6) is -1.42. The van der Waals surface area contributed by atoms with Crippen molar-refractivity contribution < 1.29 is 23.1 Å². The molecule has 7 heteroatoms. The van der Waals surface area contributed by atoms with Crippen molar-refractivity contribution in [3.63, 3.8) is 0 Å². The van der Waals surface area contributed by atoms with Gasteiger partial charge in [-0.1, -0.05) is 78.5 Å². The van der Waals surface area contributed by atoms with Gasteiger partial charge in [0.25, 0.3) is 0 Å². The van der Waals surface area contributed by atoms with Crippen LogP contribution in [0.2, 0.25) is 0 Å². The van der Waals surface area contributed by atoms with Crippen LogP contribution in [0, 0.1) is 11.6 Å². The first-order chi connectivity index (χ1) is 17.6. The van der Waals surface area contributed by atoms with Gasteiger partial charge < -0.3 is 10.1 Å². The molecule has 0 atom stereocenters. The fraction of sp³-hybridized carbons (Fsp3) is 0.103. The molecule has 0 aliphatic heterocycles. The quantitative estimate of drug-likeness (QED) is 0.278. The minimum atomic E-state index is -0.732. The zero-order valence-corrected chi connectivity index (χ0v) is 19.9. The van der Waals surface area contributed by atoms with Gasteiger partial charge in [-0.25, -0.2) is 13.6 Å². The van der Waals surface area contributed by atoms with Crippen molar-refractivity contribution in [1.29, 1.82) is 0 Å². The van der Waals surface area contributed by atoms with E-state index in [9.17, 15) is 18.4 Å². The summed E-state index contributed by atoms with van der Waals surface area (Å²) in [5, 5.41) is 2.54. The van der Waals surface area contributed by atoms with Gasteiger partial charge in [0.2, 0.25) is 0 Å². The standard InChI is InChI=1S/C29H21F2NO3S/c30-25-13-14-26(31)28(36-27-12-6-1-7-18(27)16-33)23(25)15-32-29(34)35-17-24-21-10-4-2-8-19(21)20-9-3-5-11-22(20)24/h1-14,16,24H,15,17H2,(H,32,34). The Morgan fingerprint density at radius 2 is 1.47 bits per heavy atom. The third kappa shape index (κ3) is 4.62. The largest absolute Gasteiger partial charge is 0.449 e. The van der Waals surface area contributed by atoms with Crippen LogP contribution >= 0.6 is 11.8 Å². The molecule has 1 aliphatic carbocycles. The highest BCUT2D eigenvalue weighted by atomic mass is 32.2. The van der Waals surface area contributed by atoms with Crippen molar-refractivity contribution in [2.75, 3.05) is 6.61 Å². The van der Waals surface area contributed by atoms with Crippen molar-refractivity contribution in [1.82, 2.24) is 5.32 Å². The summed E-state index contributed by atoms with van der Waals surface area (Å²) in [6, 6.07) is 24.7. The van der Waals surface area contributed by atoms with Gasteiger partial charge in [0.1, 0.15) is 18.2 Å². The molecule has 0 unspecified atom stereocenters. The van der Waals surface area contributed by atoms with Gasteiger partial charge in [0.15, 0.2) is 6.29 Å². The first-order valence-corrected chi connectivity index (χ1v) is 12.2. The van der Waals surface area contributed by atoms with E-state index in [1.165, 1.54) is 0 Å². The molecule has 0 bridgehead atoms. The number of carbonyl (C=O) groups is 2. The van der Waals surface area contributed by atoms with E-state index in [0.29, 0.717) is 16.7 Å². The zero-order valence-electron chi connectivity index (χ0n) is 19.0. The van der Waals surface area contributed by atoms with Gasteiger partial charge >= 0.3 is 6.09 Å². The van der Waals surface area contributed by atoms with E-state index in [4.69, 9.17) is 4.74 Å². The van der Waals surface area contributed by atoms with E-state index >= 15 is 0 Å². The summed E-state index contributed by atoms with van der Waals surface area (Å²) in [6.07, 6.45) is -0.0708. The lowest BCUT2D eigenvalue weighted by Crippen LogP contribution is -2.26. The summed E-state index contributed by atoms with van der Waals surface area (Å²) in [6.45, 7) is -0.161. The average Bonchev–Trinajstić information content (AvgIpc) is 3.23. The van der Waals surface area contributed by atoms with Crippen LogP contribution in [0.3, 0.4) is 0 Å². The number of amides is 1. The molecule has 1 aliphatic rings. The second kappa shape index (κ2) is 10.3. The van der Waals surface area contributed by atoms with Gasteiger partial charge in [-0.3, -0.25) is 4.79 Å². The second-order valence-corrected chi connectivity index (χ2v) is 9.33. The van der Waals surface area contributed by atoms with Gasteiger partial charge in [-0.05, 0) is 40.5 Å². The number of hydrogen-bond donors (Lipinski definition) is 1. The number of halogens is 2. The first kappa shape index (κ1) is 23.8. The van der Waals surface area contributed by atoms with E-state index in [2.05, 4.69) is 5.32 Å². The molecule has 4 aromatic carbocycles. The maximum absolute atomic E-state index is 14.7. The van der Waals surface area contributed by atoms with E-state index in [1.807, 2.05) is 48.5 Å². The number of fused-ring (bicyclic) bond motifs is 3. The molecule has 0 spiro atoms. The number of carbonyl (C=O) groups excluding carboxylic acids is 2. The van der Waals surface area contributed by atoms with Crippen molar-refractivity contribution in [2.24, 2.45) is 0 Å². The third-order valence-electron chi connectivity index (χ3n) is 6.17. The number of alkyl carbamates (subject to hydrolysis) is 1. The summed E-state index contributed by atoms with van der Waals surface area (Å²) in [5.41, 5.74) is 4.73. The Morgan fingerprint density at radius 3 is 2.17 bits per heavy atom. The summed E-state index contributed by atoms with van der Waals surface area (Å²) in [7, 11) is 0. The maximum Gasteiger partial charge on any atom is 0.407 e. The highest BCUT2D eigenvalue weighted by Crippen LogP contribution is 2.44. The topological polar surface area (TPSA) is 55.4 Å². The molecule has 1 N–H and O–H groups in total. The minimum Gasteiger partial charge on any atom is -0.449 e. The summed E-state index contributed by atoms with van der Waals surface area (Å²) >= 11 is 0.938. The highest BCUT2D eigenvalue weighted by molar-refractivity contribution is 7.99. The van der Waals surface area contributed by atoms with E-state index in [-0.39, 0.29) is 29.5 Å². The van der Waals surface area contributed by atoms with Crippen LogP contribution in [-0.2, 0) is 11.3 Å². The number of rotatable bonds is 7. The molecular formula is C29H21F2NO3S. The van der Waals surface area contributed by atoms with Crippen molar-refractivity contribution in [3.8, 4) is 11.1 Å².